The molecule has 126 valence electrons. The standard InChI is InChI=1S/C18H26FN3O/c1-20-10-9-16-7-8-17(12-20)22(16)18(23)13-21(2)11-14-3-5-15(19)6-4-14/h3-6,16-17H,7-13H2,1-2H3/t16-,17+/m1/s1. The zero-order valence-electron chi connectivity index (χ0n) is 14.0. The summed E-state index contributed by atoms with van der Waals surface area (Å²) in [6.07, 6.45) is 3.36. The molecule has 2 aliphatic heterocycles. The van der Waals surface area contributed by atoms with Crippen molar-refractivity contribution in [3.63, 3.8) is 0 Å². The molecule has 1 amide bonds. The van der Waals surface area contributed by atoms with Crippen LogP contribution in [-0.4, -0.2) is 66.4 Å². The van der Waals surface area contributed by atoms with Gasteiger partial charge in [0.15, 0.2) is 0 Å². The summed E-state index contributed by atoms with van der Waals surface area (Å²) >= 11 is 0. The normalized spacial score (nSPS) is 25.0. The fourth-order valence-corrected chi connectivity index (χ4v) is 3.92. The Hall–Kier alpha value is -1.46. The largest absolute Gasteiger partial charge is 0.334 e. The van der Waals surface area contributed by atoms with E-state index in [1.165, 1.54) is 12.1 Å². The number of halogens is 1. The second kappa shape index (κ2) is 6.97. The number of hydrogen-bond acceptors (Lipinski definition) is 3. The fourth-order valence-electron chi connectivity index (χ4n) is 3.92. The second-order valence-electron chi connectivity index (χ2n) is 7.04. The van der Waals surface area contributed by atoms with Gasteiger partial charge in [0.2, 0.25) is 5.91 Å². The summed E-state index contributed by atoms with van der Waals surface area (Å²) < 4.78 is 13.0. The summed E-state index contributed by atoms with van der Waals surface area (Å²) in [5.41, 5.74) is 1.03. The van der Waals surface area contributed by atoms with Gasteiger partial charge in [-0.15, -0.1) is 0 Å². The Morgan fingerprint density at radius 1 is 1.22 bits per heavy atom. The lowest BCUT2D eigenvalue weighted by Crippen LogP contribution is -2.46. The van der Waals surface area contributed by atoms with Crippen LogP contribution in [0.25, 0.3) is 0 Å². The van der Waals surface area contributed by atoms with Crippen molar-refractivity contribution < 1.29 is 9.18 Å². The van der Waals surface area contributed by atoms with E-state index < -0.39 is 0 Å². The van der Waals surface area contributed by atoms with Crippen LogP contribution < -0.4 is 0 Å². The Kier molecular flexibility index (Phi) is 4.97. The van der Waals surface area contributed by atoms with Crippen LogP contribution in [0.5, 0.6) is 0 Å². The maximum Gasteiger partial charge on any atom is 0.237 e. The molecular weight excluding hydrogens is 293 g/mol. The Morgan fingerprint density at radius 2 is 1.91 bits per heavy atom. The lowest BCUT2D eigenvalue weighted by Gasteiger charge is -2.30. The van der Waals surface area contributed by atoms with Crippen LogP contribution in [0, 0.1) is 5.82 Å². The van der Waals surface area contributed by atoms with Gasteiger partial charge in [-0.25, -0.2) is 4.39 Å². The smallest absolute Gasteiger partial charge is 0.237 e. The number of benzene rings is 1. The molecule has 2 fully saturated rings. The van der Waals surface area contributed by atoms with Crippen molar-refractivity contribution in [1.82, 2.24) is 14.7 Å². The summed E-state index contributed by atoms with van der Waals surface area (Å²) in [6.45, 7) is 3.16. The van der Waals surface area contributed by atoms with Gasteiger partial charge < -0.3 is 9.80 Å². The highest BCUT2D eigenvalue weighted by atomic mass is 19.1. The minimum absolute atomic E-state index is 0.224. The van der Waals surface area contributed by atoms with Gasteiger partial charge in [0.1, 0.15) is 5.82 Å². The molecule has 4 nitrogen and oxygen atoms in total. The first-order valence-corrected chi connectivity index (χ1v) is 8.45. The van der Waals surface area contributed by atoms with Gasteiger partial charge in [-0.2, -0.15) is 0 Å². The van der Waals surface area contributed by atoms with Gasteiger partial charge in [0.05, 0.1) is 6.54 Å². The van der Waals surface area contributed by atoms with Crippen molar-refractivity contribution in [3.8, 4) is 0 Å². The molecule has 1 aromatic rings. The van der Waals surface area contributed by atoms with Crippen LogP contribution in [0.4, 0.5) is 4.39 Å². The van der Waals surface area contributed by atoms with E-state index in [0.29, 0.717) is 25.2 Å². The topological polar surface area (TPSA) is 26.8 Å². The lowest BCUT2D eigenvalue weighted by molar-refractivity contribution is -0.134. The second-order valence-corrected chi connectivity index (χ2v) is 7.04. The van der Waals surface area contributed by atoms with Crippen molar-refractivity contribution in [2.24, 2.45) is 0 Å². The first-order valence-electron chi connectivity index (χ1n) is 8.45. The average Bonchev–Trinajstić information content (AvgIpc) is 2.81. The van der Waals surface area contributed by atoms with Crippen molar-refractivity contribution in [2.75, 3.05) is 33.7 Å². The van der Waals surface area contributed by atoms with Crippen LogP contribution in [0.2, 0.25) is 0 Å². The summed E-state index contributed by atoms with van der Waals surface area (Å²) in [5, 5.41) is 0. The molecule has 2 heterocycles. The molecule has 3 rings (SSSR count). The molecule has 2 bridgehead atoms. The molecule has 0 saturated carbocycles. The van der Waals surface area contributed by atoms with E-state index in [4.69, 9.17) is 0 Å². The van der Waals surface area contributed by atoms with Crippen LogP contribution >= 0.6 is 0 Å². The van der Waals surface area contributed by atoms with Crippen LogP contribution in [-0.2, 0) is 11.3 Å². The summed E-state index contributed by atoms with van der Waals surface area (Å²) in [6, 6.07) is 7.28. The highest BCUT2D eigenvalue weighted by molar-refractivity contribution is 5.79. The van der Waals surface area contributed by atoms with Crippen LogP contribution in [0.1, 0.15) is 24.8 Å². The quantitative estimate of drug-likeness (QED) is 0.849. The number of carbonyl (C=O) groups excluding carboxylic acids is 1. The zero-order chi connectivity index (χ0) is 16.4. The van der Waals surface area contributed by atoms with Gasteiger partial charge in [-0.1, -0.05) is 12.1 Å². The fraction of sp³-hybridized carbons (Fsp3) is 0.611. The number of fused-ring (bicyclic) bond motifs is 2. The molecule has 0 unspecified atom stereocenters. The molecule has 1 aromatic carbocycles. The number of rotatable bonds is 4. The highest BCUT2D eigenvalue weighted by Gasteiger charge is 2.39. The minimum Gasteiger partial charge on any atom is -0.334 e. The predicted octanol–water partition coefficient (Wildman–Crippen LogP) is 1.95. The van der Waals surface area contributed by atoms with Crippen LogP contribution in [0.3, 0.4) is 0 Å². The molecule has 2 saturated heterocycles. The van der Waals surface area contributed by atoms with Gasteiger partial charge >= 0.3 is 0 Å². The van der Waals surface area contributed by atoms with E-state index in [9.17, 15) is 9.18 Å². The van der Waals surface area contributed by atoms with E-state index >= 15 is 0 Å². The summed E-state index contributed by atoms with van der Waals surface area (Å²) in [7, 11) is 4.09. The molecule has 0 spiro atoms. The first kappa shape index (κ1) is 16.4. The Bertz CT molecular complexity index is 548. The number of likely N-dealkylation sites (tertiary alicyclic amines) is 1. The predicted molar refractivity (Wildman–Crippen MR) is 88.5 cm³/mol. The number of hydrogen-bond donors (Lipinski definition) is 0. The molecule has 0 radical (unpaired) electrons. The third-order valence-electron chi connectivity index (χ3n) is 5.05. The van der Waals surface area contributed by atoms with Crippen molar-refractivity contribution >= 4 is 5.91 Å². The van der Waals surface area contributed by atoms with E-state index in [2.05, 4.69) is 16.8 Å². The van der Waals surface area contributed by atoms with Crippen molar-refractivity contribution in [1.29, 1.82) is 0 Å². The third-order valence-corrected chi connectivity index (χ3v) is 5.05. The molecule has 0 N–H and O–H groups in total. The maximum absolute atomic E-state index is 13.0. The Morgan fingerprint density at radius 3 is 2.65 bits per heavy atom. The molecule has 23 heavy (non-hydrogen) atoms. The first-order chi connectivity index (χ1) is 11.0. The molecule has 2 atom stereocenters. The van der Waals surface area contributed by atoms with E-state index in [1.807, 2.05) is 11.9 Å². The SMILES string of the molecule is CN(CC(=O)N1[C@@H]2CC[C@H]1CN(C)CC2)Cc1ccc(F)cc1. The van der Waals surface area contributed by atoms with Crippen LogP contribution in [0.15, 0.2) is 24.3 Å². The molecule has 0 aliphatic carbocycles. The zero-order valence-corrected chi connectivity index (χ0v) is 14.0. The number of carbonyl (C=O) groups is 1. The highest BCUT2D eigenvalue weighted by Crippen LogP contribution is 2.30. The van der Waals surface area contributed by atoms with E-state index in [1.54, 1.807) is 12.1 Å². The molecule has 5 heteroatoms. The summed E-state index contributed by atoms with van der Waals surface area (Å²) in [5.74, 6) is 0.00940. The van der Waals surface area contributed by atoms with Gasteiger partial charge in [-0.3, -0.25) is 9.69 Å². The Balaban J connectivity index is 1.58. The number of amides is 1. The molecular formula is C18H26FN3O. The van der Waals surface area contributed by atoms with Gasteiger partial charge in [0.25, 0.3) is 0 Å². The van der Waals surface area contributed by atoms with Gasteiger partial charge in [-0.05, 0) is 57.6 Å². The minimum atomic E-state index is -0.224. The molecule has 0 aromatic heterocycles. The Labute approximate surface area is 137 Å². The lowest BCUT2D eigenvalue weighted by atomic mass is 10.1. The summed E-state index contributed by atoms with van der Waals surface area (Å²) in [4.78, 5) is 19.3. The van der Waals surface area contributed by atoms with E-state index in [0.717, 1.165) is 37.9 Å². The van der Waals surface area contributed by atoms with Crippen molar-refractivity contribution in [3.05, 3.63) is 35.6 Å². The van der Waals surface area contributed by atoms with E-state index in [-0.39, 0.29) is 11.7 Å². The monoisotopic (exact) mass is 319 g/mol. The third kappa shape index (κ3) is 3.90. The molecule has 2 aliphatic rings. The average molecular weight is 319 g/mol. The van der Waals surface area contributed by atoms with Crippen molar-refractivity contribution in [2.45, 2.75) is 37.9 Å². The number of likely N-dealkylation sites (N-methyl/N-ethyl adjacent to an activating group) is 2. The number of nitrogens with zero attached hydrogens (tertiary/aromatic N) is 3. The maximum atomic E-state index is 13.0. The van der Waals surface area contributed by atoms with Gasteiger partial charge in [0, 0.05) is 25.2 Å².